The van der Waals surface area contributed by atoms with Crippen molar-refractivity contribution in [2.24, 2.45) is 0 Å². The maximum Gasteiger partial charge on any atom is 0.339 e. The second kappa shape index (κ2) is 3.55. The van der Waals surface area contributed by atoms with Crippen LogP contribution in [0, 0.1) is 0 Å². The number of halogens is 1. The van der Waals surface area contributed by atoms with Gasteiger partial charge in [0.15, 0.2) is 9.84 Å². The zero-order valence-electron chi connectivity index (χ0n) is 7.39. The normalized spacial score (nSPS) is 17.4. The maximum absolute atomic E-state index is 13.4. The molecule has 1 N–H and O–H groups in total. The Kier molecular flexibility index (Phi) is 3.42. The molecule has 0 bridgehead atoms. The molecule has 0 rings (SSSR count). The minimum Gasteiger partial charge on any atom is -0.300 e. The van der Waals surface area contributed by atoms with Crippen molar-refractivity contribution in [1.29, 1.82) is 0 Å². The first-order chi connectivity index (χ1) is 5.92. The van der Waals surface area contributed by atoms with Gasteiger partial charge in [-0.05, 0) is 6.92 Å². The van der Waals surface area contributed by atoms with Crippen LogP contribution in [0.25, 0.3) is 0 Å². The van der Waals surface area contributed by atoms with Crippen LogP contribution in [0.3, 0.4) is 0 Å². The lowest BCUT2D eigenvalue weighted by atomic mass is 10.3. The zero-order valence-corrected chi connectivity index (χ0v) is 9.02. The molecule has 0 amide bonds. The van der Waals surface area contributed by atoms with E-state index in [9.17, 15) is 26.0 Å². The van der Waals surface area contributed by atoms with Gasteiger partial charge in [0.05, 0.1) is 6.42 Å². The van der Waals surface area contributed by atoms with E-state index in [1.54, 1.807) is 0 Å². The first-order valence-electron chi connectivity index (χ1n) is 3.27. The number of alkyl halides is 1. The molecule has 1 atom stereocenters. The van der Waals surface area contributed by atoms with Gasteiger partial charge >= 0.3 is 14.5 Å². The third-order valence-electron chi connectivity index (χ3n) is 1.40. The zero-order chi connectivity index (χ0) is 11.8. The summed E-state index contributed by atoms with van der Waals surface area (Å²) < 4.78 is 60.4. The molecule has 0 aromatic carbocycles. The number of hydrogen-bond acceptors (Lipinski definition) is 5. The molecule has 0 saturated carbocycles. The lowest BCUT2D eigenvalue weighted by Gasteiger charge is -2.18. The second-order valence-electron chi connectivity index (χ2n) is 2.79. The highest BCUT2D eigenvalue weighted by Crippen LogP contribution is 2.29. The summed E-state index contributed by atoms with van der Waals surface area (Å²) in [6.07, 6.45) is -1.14. The molecule has 0 saturated heterocycles. The van der Waals surface area contributed by atoms with Gasteiger partial charge < -0.3 is 0 Å². The molecule has 0 aliphatic carbocycles. The average molecular weight is 248 g/mol. The van der Waals surface area contributed by atoms with Crippen molar-refractivity contribution in [2.75, 3.05) is 6.26 Å². The number of rotatable bonds is 4. The van der Waals surface area contributed by atoms with Crippen LogP contribution in [-0.2, 0) is 24.7 Å². The fourth-order valence-corrected chi connectivity index (χ4v) is 3.09. The van der Waals surface area contributed by atoms with Crippen LogP contribution < -0.4 is 0 Å². The van der Waals surface area contributed by atoms with Crippen molar-refractivity contribution < 1.29 is 30.6 Å². The third kappa shape index (κ3) is 2.49. The lowest BCUT2D eigenvalue weighted by molar-refractivity contribution is -0.117. The van der Waals surface area contributed by atoms with Crippen molar-refractivity contribution in [3.05, 3.63) is 0 Å². The van der Waals surface area contributed by atoms with E-state index in [1.807, 2.05) is 0 Å². The Morgan fingerprint density at radius 1 is 1.36 bits per heavy atom. The summed E-state index contributed by atoms with van der Waals surface area (Å²) in [5, 5.41) is 0. The predicted octanol–water partition coefficient (Wildman–Crippen LogP) is -0.479. The molecule has 6 nitrogen and oxygen atoms in total. The van der Waals surface area contributed by atoms with E-state index >= 15 is 0 Å². The van der Waals surface area contributed by atoms with Crippen LogP contribution in [-0.4, -0.2) is 37.8 Å². The lowest BCUT2D eigenvalue weighted by Crippen LogP contribution is -2.42. The Bertz CT molecular complexity index is 401. The van der Waals surface area contributed by atoms with Crippen LogP contribution in [0.2, 0.25) is 0 Å². The summed E-state index contributed by atoms with van der Waals surface area (Å²) in [5.74, 6) is -1.00. The van der Waals surface area contributed by atoms with Crippen LogP contribution in [0.5, 0.6) is 0 Å². The second-order valence-corrected chi connectivity index (χ2v) is 6.83. The van der Waals surface area contributed by atoms with Gasteiger partial charge in [0.25, 0.3) is 0 Å². The summed E-state index contributed by atoms with van der Waals surface area (Å²) in [6.45, 7) is 0.810. The number of Topliss-reactive ketones (excluding diaryl/α,β-unsaturated/α-hetero) is 1. The van der Waals surface area contributed by atoms with Crippen molar-refractivity contribution >= 4 is 25.7 Å². The monoisotopic (exact) mass is 248 g/mol. The highest BCUT2D eigenvalue weighted by molar-refractivity contribution is 8.07. The SMILES string of the molecule is CC(=O)CC(F)(S(C)(=O)=O)S(=O)(=O)O. The predicted molar refractivity (Wildman–Crippen MR) is 45.5 cm³/mol. The highest BCUT2D eigenvalue weighted by atomic mass is 32.3. The summed E-state index contributed by atoms with van der Waals surface area (Å²) in [6, 6.07) is 0. The van der Waals surface area contributed by atoms with Gasteiger partial charge in [-0.15, -0.1) is 0 Å². The van der Waals surface area contributed by atoms with Gasteiger partial charge in [0, 0.05) is 6.26 Å². The molecule has 0 radical (unpaired) electrons. The molecular weight excluding hydrogens is 239 g/mol. The first kappa shape index (κ1) is 13.5. The van der Waals surface area contributed by atoms with Crippen LogP contribution in [0.4, 0.5) is 4.39 Å². The first-order valence-corrected chi connectivity index (χ1v) is 6.60. The molecule has 9 heteroatoms. The van der Waals surface area contributed by atoms with Crippen LogP contribution in [0.1, 0.15) is 13.3 Å². The summed E-state index contributed by atoms with van der Waals surface area (Å²) in [4.78, 5) is 10.5. The molecule has 0 fully saturated rings. The smallest absolute Gasteiger partial charge is 0.300 e. The van der Waals surface area contributed by atoms with E-state index in [4.69, 9.17) is 4.55 Å². The van der Waals surface area contributed by atoms with Gasteiger partial charge in [-0.3, -0.25) is 9.35 Å². The summed E-state index contributed by atoms with van der Waals surface area (Å²) >= 11 is 0. The Morgan fingerprint density at radius 3 is 1.79 bits per heavy atom. The Morgan fingerprint density at radius 2 is 1.71 bits per heavy atom. The van der Waals surface area contributed by atoms with E-state index in [0.717, 1.165) is 6.92 Å². The summed E-state index contributed by atoms with van der Waals surface area (Å²) in [7, 11) is -10.2. The highest BCUT2D eigenvalue weighted by Gasteiger charge is 2.54. The van der Waals surface area contributed by atoms with Gasteiger partial charge in [-0.2, -0.15) is 8.42 Å². The van der Waals surface area contributed by atoms with E-state index in [0.29, 0.717) is 0 Å². The van der Waals surface area contributed by atoms with Gasteiger partial charge in [0.1, 0.15) is 5.78 Å². The minimum atomic E-state index is -5.49. The largest absolute Gasteiger partial charge is 0.339 e. The number of hydrogen-bond donors (Lipinski definition) is 1. The van der Waals surface area contributed by atoms with Crippen molar-refractivity contribution in [3.63, 3.8) is 0 Å². The Labute approximate surface area is 80.8 Å². The van der Waals surface area contributed by atoms with Crippen molar-refractivity contribution in [1.82, 2.24) is 0 Å². The Hall–Kier alpha value is -0.540. The number of carbonyl (C=O) groups is 1. The van der Waals surface area contributed by atoms with E-state index in [2.05, 4.69) is 0 Å². The molecule has 1 unspecified atom stereocenters. The van der Waals surface area contributed by atoms with Gasteiger partial charge in [-0.25, -0.2) is 12.8 Å². The maximum atomic E-state index is 13.4. The average Bonchev–Trinajstić information content (AvgIpc) is 1.79. The van der Waals surface area contributed by atoms with Crippen molar-refractivity contribution in [3.8, 4) is 0 Å². The molecule has 0 aliphatic heterocycles. The van der Waals surface area contributed by atoms with E-state index in [1.165, 1.54) is 0 Å². The third-order valence-corrected chi connectivity index (χ3v) is 5.11. The van der Waals surface area contributed by atoms with Crippen LogP contribution >= 0.6 is 0 Å². The molecule has 0 aliphatic rings. The topological polar surface area (TPSA) is 106 Å². The Balaban J connectivity index is 5.66. The molecule has 14 heavy (non-hydrogen) atoms. The minimum absolute atomic E-state index is 0.281. The fourth-order valence-electron chi connectivity index (χ4n) is 0.711. The van der Waals surface area contributed by atoms with E-state index < -0.39 is 36.5 Å². The number of carbonyl (C=O) groups excluding carboxylic acids is 1. The molecule has 0 spiro atoms. The summed E-state index contributed by atoms with van der Waals surface area (Å²) in [5.41, 5.74) is 0. The molecule has 84 valence electrons. The van der Waals surface area contributed by atoms with Crippen LogP contribution in [0.15, 0.2) is 0 Å². The molecule has 0 heterocycles. The molecule has 0 aromatic heterocycles. The van der Waals surface area contributed by atoms with E-state index in [-0.39, 0.29) is 6.26 Å². The number of sulfone groups is 1. The fraction of sp³-hybridized carbons (Fsp3) is 0.800. The standard InChI is InChI=1S/C5H9FO6S2/c1-4(7)3-5(6,13(2,8)9)14(10,11)12/h3H2,1-2H3,(H,10,11,12). The quantitative estimate of drug-likeness (QED) is 0.674. The number of ketones is 1. The molecule has 0 aromatic rings. The van der Waals surface area contributed by atoms with Crippen molar-refractivity contribution in [2.45, 2.75) is 17.7 Å². The van der Waals surface area contributed by atoms with Gasteiger partial charge in [-0.1, -0.05) is 0 Å². The molecular formula is C5H9FO6S2. The van der Waals surface area contributed by atoms with Gasteiger partial charge in [0.2, 0.25) is 0 Å².